The first-order valence-corrected chi connectivity index (χ1v) is 13.1. The predicted molar refractivity (Wildman–Crippen MR) is 135 cm³/mol. The van der Waals surface area contributed by atoms with Gasteiger partial charge >= 0.3 is 0 Å². The molecule has 7 heteroatoms. The Kier molecular flexibility index (Phi) is 7.04. The third-order valence-electron chi connectivity index (χ3n) is 8.40. The average molecular weight is 493 g/mol. The third kappa shape index (κ3) is 4.62. The lowest BCUT2D eigenvalue weighted by Crippen LogP contribution is -2.49. The van der Waals surface area contributed by atoms with Gasteiger partial charge in [0.05, 0.1) is 24.8 Å². The molecule has 0 unspecified atom stereocenters. The molecule has 0 radical (unpaired) electrons. The van der Waals surface area contributed by atoms with E-state index < -0.39 is 17.6 Å². The van der Waals surface area contributed by atoms with E-state index in [0.29, 0.717) is 43.7 Å². The van der Waals surface area contributed by atoms with Gasteiger partial charge < -0.3 is 24.7 Å². The number of nitrogens with zero attached hydrogens (tertiary/aromatic N) is 2. The number of fused-ring (bicyclic) bond motifs is 1. The number of carbonyl (C=O) groups is 2. The topological polar surface area (TPSA) is 90.3 Å². The molecular weight excluding hydrogens is 456 g/mol. The average Bonchev–Trinajstić information content (AvgIpc) is 3.41. The first-order chi connectivity index (χ1) is 17.4. The summed E-state index contributed by atoms with van der Waals surface area (Å²) in [6.45, 7) is 3.80. The minimum atomic E-state index is -0.882. The van der Waals surface area contributed by atoms with Crippen molar-refractivity contribution < 1.29 is 24.5 Å². The Hall–Kier alpha value is -2.90. The van der Waals surface area contributed by atoms with Crippen molar-refractivity contribution in [3.05, 3.63) is 65.7 Å². The monoisotopic (exact) mass is 492 g/mol. The van der Waals surface area contributed by atoms with Gasteiger partial charge in [-0.3, -0.25) is 9.59 Å². The molecule has 0 aromatic heterocycles. The molecule has 2 aromatic rings. The van der Waals surface area contributed by atoms with E-state index in [1.165, 1.54) is 0 Å². The summed E-state index contributed by atoms with van der Waals surface area (Å²) in [5.41, 5.74) is 1.02. The summed E-state index contributed by atoms with van der Waals surface area (Å²) < 4.78 is 5.83. The van der Waals surface area contributed by atoms with Crippen LogP contribution in [0, 0.1) is 5.41 Å². The number of carbonyl (C=O) groups excluding carboxylic acids is 2. The summed E-state index contributed by atoms with van der Waals surface area (Å²) in [6.07, 6.45) is 2.51. The number of amides is 2. The van der Waals surface area contributed by atoms with Crippen LogP contribution in [0.4, 0.5) is 0 Å². The van der Waals surface area contributed by atoms with Gasteiger partial charge in [0, 0.05) is 30.0 Å². The molecule has 2 aliphatic heterocycles. The summed E-state index contributed by atoms with van der Waals surface area (Å²) in [5, 5.41) is 21.7. The van der Waals surface area contributed by atoms with Crippen molar-refractivity contribution in [1.29, 1.82) is 0 Å². The molecule has 1 aliphatic carbocycles. The maximum atomic E-state index is 14.0. The highest BCUT2D eigenvalue weighted by Gasteiger charge is 2.57. The van der Waals surface area contributed by atoms with Gasteiger partial charge in [-0.15, -0.1) is 0 Å². The number of rotatable bonds is 6. The van der Waals surface area contributed by atoms with Gasteiger partial charge in [-0.05, 0) is 61.9 Å². The van der Waals surface area contributed by atoms with Crippen LogP contribution in [0.15, 0.2) is 54.6 Å². The summed E-state index contributed by atoms with van der Waals surface area (Å²) >= 11 is 0. The molecule has 2 N–H and O–H groups in total. The molecule has 1 saturated carbocycles. The van der Waals surface area contributed by atoms with Crippen molar-refractivity contribution in [3.8, 4) is 5.75 Å². The van der Waals surface area contributed by atoms with Crippen molar-refractivity contribution >= 4 is 11.8 Å². The van der Waals surface area contributed by atoms with Crippen LogP contribution < -0.4 is 4.74 Å². The molecule has 2 amide bonds. The zero-order valence-electron chi connectivity index (χ0n) is 20.9. The quantitative estimate of drug-likeness (QED) is 0.644. The number of hydrogen-bond acceptors (Lipinski definition) is 5. The first-order valence-electron chi connectivity index (χ1n) is 13.1. The van der Waals surface area contributed by atoms with Gasteiger partial charge in [0.25, 0.3) is 5.91 Å². The van der Waals surface area contributed by atoms with Crippen LogP contribution in [0.25, 0.3) is 0 Å². The maximum Gasteiger partial charge on any atom is 0.254 e. The summed E-state index contributed by atoms with van der Waals surface area (Å²) in [5.74, 6) is 0.772. The van der Waals surface area contributed by atoms with Crippen LogP contribution in [-0.2, 0) is 4.79 Å². The molecule has 5 atom stereocenters. The van der Waals surface area contributed by atoms with Crippen LogP contribution in [0.1, 0.15) is 67.4 Å². The van der Waals surface area contributed by atoms with Crippen LogP contribution in [0.3, 0.4) is 0 Å². The first kappa shape index (κ1) is 24.8. The molecule has 3 aliphatic rings. The predicted octanol–water partition coefficient (Wildman–Crippen LogP) is 3.56. The fourth-order valence-electron chi connectivity index (χ4n) is 6.38. The van der Waals surface area contributed by atoms with Crippen LogP contribution in [0.5, 0.6) is 5.75 Å². The Balaban J connectivity index is 1.35. The number of likely N-dealkylation sites (tertiary alicyclic amines) is 2. The van der Waals surface area contributed by atoms with Crippen molar-refractivity contribution in [1.82, 2.24) is 9.80 Å². The minimum absolute atomic E-state index is 0.0737. The van der Waals surface area contributed by atoms with Crippen LogP contribution in [0.2, 0.25) is 0 Å². The molecule has 192 valence electrons. The SMILES string of the molecule is C[C@@]12C[C@H](c3ccccc3)N(C(=O)c3ccc(OCCN4CCCC4=O)cc3)[C@@H]1CCC[C@@H](O)[C@@H]2O. The molecule has 0 bridgehead atoms. The number of hydrogen-bond donors (Lipinski definition) is 2. The van der Waals surface area contributed by atoms with Gasteiger partial charge in [-0.1, -0.05) is 37.3 Å². The number of aliphatic hydroxyl groups excluding tert-OH is 2. The lowest BCUT2D eigenvalue weighted by molar-refractivity contribution is -0.128. The summed E-state index contributed by atoms with van der Waals surface area (Å²) in [7, 11) is 0. The second kappa shape index (κ2) is 10.2. The Bertz CT molecular complexity index is 1070. The summed E-state index contributed by atoms with van der Waals surface area (Å²) in [6, 6.07) is 16.8. The van der Waals surface area contributed by atoms with Gasteiger partial charge in [0.1, 0.15) is 12.4 Å². The van der Waals surface area contributed by atoms with Crippen molar-refractivity contribution in [2.24, 2.45) is 5.41 Å². The van der Waals surface area contributed by atoms with Gasteiger partial charge in [-0.2, -0.15) is 0 Å². The van der Waals surface area contributed by atoms with Crippen molar-refractivity contribution in [3.63, 3.8) is 0 Å². The fourth-order valence-corrected chi connectivity index (χ4v) is 6.38. The van der Waals surface area contributed by atoms with E-state index in [9.17, 15) is 19.8 Å². The largest absolute Gasteiger partial charge is 0.492 e. The summed E-state index contributed by atoms with van der Waals surface area (Å²) in [4.78, 5) is 29.5. The molecule has 2 saturated heterocycles. The van der Waals surface area contributed by atoms with E-state index in [1.54, 1.807) is 24.3 Å². The Labute approximate surface area is 212 Å². The number of ether oxygens (including phenoxy) is 1. The van der Waals surface area contributed by atoms with Gasteiger partial charge in [-0.25, -0.2) is 0 Å². The van der Waals surface area contributed by atoms with E-state index in [0.717, 1.165) is 31.4 Å². The van der Waals surface area contributed by atoms with E-state index >= 15 is 0 Å². The molecule has 7 nitrogen and oxygen atoms in total. The lowest BCUT2D eigenvalue weighted by atomic mass is 9.74. The molecule has 2 aromatic carbocycles. The second-order valence-corrected chi connectivity index (χ2v) is 10.7. The second-order valence-electron chi connectivity index (χ2n) is 10.7. The normalized spacial score (nSPS) is 30.2. The van der Waals surface area contributed by atoms with E-state index in [2.05, 4.69) is 0 Å². The van der Waals surface area contributed by atoms with E-state index in [1.807, 2.05) is 47.1 Å². The number of benzene rings is 2. The van der Waals surface area contributed by atoms with Crippen LogP contribution in [-0.4, -0.2) is 69.8 Å². The Morgan fingerprint density at radius 3 is 2.50 bits per heavy atom. The molecular formula is C29H36N2O5. The highest BCUT2D eigenvalue weighted by atomic mass is 16.5. The zero-order chi connectivity index (χ0) is 25.3. The van der Waals surface area contributed by atoms with Crippen LogP contribution >= 0.6 is 0 Å². The number of aliphatic hydroxyl groups is 2. The standard InChI is InChI=1S/C29H36N2O5/c1-29-19-23(20-7-3-2-4-8-20)31(25(29)10-5-9-24(32)27(29)34)28(35)21-12-14-22(15-13-21)36-18-17-30-16-6-11-26(30)33/h2-4,7-8,12-15,23-25,27,32,34H,5-6,9-11,16-19H2,1H3/t23-,24-,25-,27+,29-/m1/s1. The molecule has 3 fully saturated rings. The smallest absolute Gasteiger partial charge is 0.254 e. The minimum Gasteiger partial charge on any atom is -0.492 e. The highest BCUT2D eigenvalue weighted by Crippen LogP contribution is 2.53. The van der Waals surface area contributed by atoms with Gasteiger partial charge in [0.15, 0.2) is 0 Å². The van der Waals surface area contributed by atoms with Gasteiger partial charge in [0.2, 0.25) is 5.91 Å². The Morgan fingerprint density at radius 1 is 1.06 bits per heavy atom. The van der Waals surface area contributed by atoms with E-state index in [4.69, 9.17) is 4.74 Å². The molecule has 0 spiro atoms. The lowest BCUT2D eigenvalue weighted by Gasteiger charge is -2.38. The Morgan fingerprint density at radius 2 is 1.81 bits per heavy atom. The molecule has 2 heterocycles. The van der Waals surface area contributed by atoms with Crippen molar-refractivity contribution in [2.45, 2.75) is 69.7 Å². The fraction of sp³-hybridized carbons (Fsp3) is 0.517. The highest BCUT2D eigenvalue weighted by molar-refractivity contribution is 5.95. The molecule has 5 rings (SSSR count). The van der Waals surface area contributed by atoms with E-state index in [-0.39, 0.29) is 23.9 Å². The third-order valence-corrected chi connectivity index (χ3v) is 8.40. The maximum absolute atomic E-state index is 14.0. The zero-order valence-corrected chi connectivity index (χ0v) is 20.9. The molecule has 36 heavy (non-hydrogen) atoms. The van der Waals surface area contributed by atoms with Crippen molar-refractivity contribution in [2.75, 3.05) is 19.7 Å².